The van der Waals surface area contributed by atoms with Gasteiger partial charge in [0.1, 0.15) is 5.76 Å². The second kappa shape index (κ2) is 3.60. The molecule has 1 heterocycles. The predicted octanol–water partition coefficient (Wildman–Crippen LogP) is 1.50. The highest BCUT2D eigenvalue weighted by molar-refractivity contribution is 5.91. The van der Waals surface area contributed by atoms with E-state index in [1.807, 2.05) is 13.8 Å². The molecule has 0 N–H and O–H groups in total. The van der Waals surface area contributed by atoms with Crippen LogP contribution in [-0.2, 0) is 0 Å². The Kier molecular flexibility index (Phi) is 2.70. The van der Waals surface area contributed by atoms with Crippen LogP contribution in [0.1, 0.15) is 36.0 Å². The minimum absolute atomic E-state index is 0.129. The normalized spacial score (nSPS) is 10.5. The highest BCUT2D eigenvalue weighted by atomic mass is 16.5. The Hall–Kier alpha value is -1.32. The standard InChI is InChI=1S/C9H14N2O2/c1-6(2)8-5-7(10-13-8)9(12)11(3)4/h5-6H,1-4H3. The lowest BCUT2D eigenvalue weighted by molar-refractivity contribution is 0.0817. The first-order chi connectivity index (χ1) is 6.02. The first-order valence-corrected chi connectivity index (χ1v) is 4.20. The van der Waals surface area contributed by atoms with E-state index < -0.39 is 0 Å². The summed E-state index contributed by atoms with van der Waals surface area (Å²) in [5.41, 5.74) is 0.369. The molecule has 72 valence electrons. The molecule has 0 saturated carbocycles. The molecule has 1 aromatic heterocycles. The zero-order valence-corrected chi connectivity index (χ0v) is 8.37. The third-order valence-electron chi connectivity index (χ3n) is 1.72. The maximum absolute atomic E-state index is 11.4. The van der Waals surface area contributed by atoms with Gasteiger partial charge in [0, 0.05) is 26.1 Å². The van der Waals surface area contributed by atoms with E-state index in [0.717, 1.165) is 5.76 Å². The number of aromatic nitrogens is 1. The van der Waals surface area contributed by atoms with Crippen LogP contribution < -0.4 is 0 Å². The van der Waals surface area contributed by atoms with Crippen molar-refractivity contribution in [2.45, 2.75) is 19.8 Å². The largest absolute Gasteiger partial charge is 0.360 e. The van der Waals surface area contributed by atoms with Crippen LogP contribution in [0.25, 0.3) is 0 Å². The fraction of sp³-hybridized carbons (Fsp3) is 0.556. The van der Waals surface area contributed by atoms with Crippen molar-refractivity contribution < 1.29 is 9.32 Å². The zero-order chi connectivity index (χ0) is 10.0. The maximum atomic E-state index is 11.4. The molecule has 0 radical (unpaired) electrons. The molecule has 4 heteroatoms. The van der Waals surface area contributed by atoms with E-state index in [0.29, 0.717) is 5.69 Å². The molecule has 0 unspecified atom stereocenters. The maximum Gasteiger partial charge on any atom is 0.275 e. The number of rotatable bonds is 2. The number of nitrogens with zero attached hydrogens (tertiary/aromatic N) is 2. The lowest BCUT2D eigenvalue weighted by Gasteiger charge is -2.05. The Balaban J connectivity index is 2.86. The molecule has 0 bridgehead atoms. The fourth-order valence-electron chi connectivity index (χ4n) is 0.891. The van der Waals surface area contributed by atoms with Gasteiger partial charge in [-0.05, 0) is 0 Å². The van der Waals surface area contributed by atoms with E-state index in [2.05, 4.69) is 5.16 Å². The second-order valence-corrected chi connectivity index (χ2v) is 3.47. The molecule has 0 saturated heterocycles. The van der Waals surface area contributed by atoms with E-state index in [4.69, 9.17) is 4.52 Å². The van der Waals surface area contributed by atoms with Crippen LogP contribution >= 0.6 is 0 Å². The zero-order valence-electron chi connectivity index (χ0n) is 8.37. The first-order valence-electron chi connectivity index (χ1n) is 4.20. The minimum Gasteiger partial charge on any atom is -0.360 e. The SMILES string of the molecule is CC(C)c1cc(C(=O)N(C)C)no1. The van der Waals surface area contributed by atoms with Crippen molar-refractivity contribution in [2.75, 3.05) is 14.1 Å². The van der Waals surface area contributed by atoms with Crippen molar-refractivity contribution >= 4 is 5.91 Å². The van der Waals surface area contributed by atoms with Crippen LogP contribution in [0.4, 0.5) is 0 Å². The van der Waals surface area contributed by atoms with Gasteiger partial charge in [0.25, 0.3) is 5.91 Å². The van der Waals surface area contributed by atoms with Crippen molar-refractivity contribution in [1.82, 2.24) is 10.1 Å². The van der Waals surface area contributed by atoms with E-state index in [-0.39, 0.29) is 11.8 Å². The molecular formula is C9H14N2O2. The Morgan fingerprint density at radius 3 is 2.54 bits per heavy atom. The van der Waals surface area contributed by atoms with Gasteiger partial charge in [0.05, 0.1) is 0 Å². The summed E-state index contributed by atoms with van der Waals surface area (Å²) in [6, 6.07) is 1.69. The Morgan fingerprint density at radius 1 is 1.54 bits per heavy atom. The highest BCUT2D eigenvalue weighted by Crippen LogP contribution is 2.15. The topological polar surface area (TPSA) is 46.3 Å². The minimum atomic E-state index is -0.129. The molecule has 13 heavy (non-hydrogen) atoms. The average molecular weight is 182 g/mol. The average Bonchev–Trinajstić information content (AvgIpc) is 2.50. The molecule has 0 aromatic carbocycles. The van der Waals surface area contributed by atoms with Crippen molar-refractivity contribution in [1.29, 1.82) is 0 Å². The van der Waals surface area contributed by atoms with Gasteiger partial charge >= 0.3 is 0 Å². The number of hydrogen-bond donors (Lipinski definition) is 0. The smallest absolute Gasteiger partial charge is 0.275 e. The molecule has 0 aliphatic rings. The molecule has 0 spiro atoms. The molecule has 0 aliphatic carbocycles. The van der Waals surface area contributed by atoms with Gasteiger partial charge in [-0.15, -0.1) is 0 Å². The summed E-state index contributed by atoms with van der Waals surface area (Å²) < 4.78 is 5.00. The molecule has 1 rings (SSSR count). The summed E-state index contributed by atoms with van der Waals surface area (Å²) in [5.74, 6) is 0.872. The molecule has 1 amide bonds. The summed E-state index contributed by atoms with van der Waals surface area (Å²) in [6.07, 6.45) is 0. The van der Waals surface area contributed by atoms with E-state index in [9.17, 15) is 4.79 Å². The van der Waals surface area contributed by atoms with Gasteiger partial charge in [0.15, 0.2) is 5.69 Å². The fourth-order valence-corrected chi connectivity index (χ4v) is 0.891. The monoisotopic (exact) mass is 182 g/mol. The van der Waals surface area contributed by atoms with Gasteiger partial charge in [0.2, 0.25) is 0 Å². The predicted molar refractivity (Wildman–Crippen MR) is 48.6 cm³/mol. The van der Waals surface area contributed by atoms with Crippen LogP contribution in [0.2, 0.25) is 0 Å². The van der Waals surface area contributed by atoms with Crippen LogP contribution in [0.3, 0.4) is 0 Å². The van der Waals surface area contributed by atoms with Crippen LogP contribution in [-0.4, -0.2) is 30.1 Å². The van der Waals surface area contributed by atoms with Crippen molar-refractivity contribution in [3.63, 3.8) is 0 Å². The van der Waals surface area contributed by atoms with Gasteiger partial charge in [-0.1, -0.05) is 19.0 Å². The van der Waals surface area contributed by atoms with Crippen molar-refractivity contribution in [3.8, 4) is 0 Å². The van der Waals surface area contributed by atoms with Crippen molar-refractivity contribution in [3.05, 3.63) is 17.5 Å². The van der Waals surface area contributed by atoms with Gasteiger partial charge in [-0.25, -0.2) is 0 Å². The summed E-state index contributed by atoms with van der Waals surface area (Å²) >= 11 is 0. The lowest BCUT2D eigenvalue weighted by Crippen LogP contribution is -2.21. The summed E-state index contributed by atoms with van der Waals surface area (Å²) in [7, 11) is 3.37. The Bertz CT molecular complexity index is 302. The van der Waals surface area contributed by atoms with Crippen LogP contribution in [0.5, 0.6) is 0 Å². The molecular weight excluding hydrogens is 168 g/mol. The lowest BCUT2D eigenvalue weighted by atomic mass is 10.1. The molecule has 0 fully saturated rings. The number of amides is 1. The quantitative estimate of drug-likeness (QED) is 0.696. The third-order valence-corrected chi connectivity index (χ3v) is 1.72. The summed E-state index contributed by atoms with van der Waals surface area (Å²) in [4.78, 5) is 12.9. The van der Waals surface area contributed by atoms with Gasteiger partial charge < -0.3 is 9.42 Å². The highest BCUT2D eigenvalue weighted by Gasteiger charge is 2.15. The van der Waals surface area contributed by atoms with E-state index >= 15 is 0 Å². The van der Waals surface area contributed by atoms with Gasteiger partial charge in [-0.2, -0.15) is 0 Å². The molecule has 1 aromatic rings. The number of hydrogen-bond acceptors (Lipinski definition) is 3. The third kappa shape index (κ3) is 2.08. The van der Waals surface area contributed by atoms with E-state index in [1.165, 1.54) is 4.90 Å². The second-order valence-electron chi connectivity index (χ2n) is 3.47. The van der Waals surface area contributed by atoms with Crippen LogP contribution in [0, 0.1) is 0 Å². The Morgan fingerprint density at radius 2 is 2.15 bits per heavy atom. The van der Waals surface area contributed by atoms with E-state index in [1.54, 1.807) is 20.2 Å². The van der Waals surface area contributed by atoms with Crippen molar-refractivity contribution in [2.24, 2.45) is 0 Å². The number of carbonyl (C=O) groups excluding carboxylic acids is 1. The Labute approximate surface area is 77.5 Å². The first kappa shape index (κ1) is 9.77. The molecule has 0 aliphatic heterocycles. The molecule has 4 nitrogen and oxygen atoms in total. The van der Waals surface area contributed by atoms with Crippen LogP contribution in [0.15, 0.2) is 10.6 Å². The van der Waals surface area contributed by atoms with Gasteiger partial charge in [-0.3, -0.25) is 4.79 Å². The number of carbonyl (C=O) groups is 1. The summed E-state index contributed by atoms with van der Waals surface area (Å²) in [5, 5.41) is 3.69. The molecule has 0 atom stereocenters. The summed E-state index contributed by atoms with van der Waals surface area (Å²) in [6.45, 7) is 3.98.